The maximum absolute atomic E-state index is 6.66. The van der Waals surface area contributed by atoms with Crippen LogP contribution in [-0.2, 0) is 42.8 Å². The summed E-state index contributed by atoms with van der Waals surface area (Å²) in [5.41, 5.74) is 13.4. The first kappa shape index (κ1) is 43.7. The van der Waals surface area contributed by atoms with Crippen molar-refractivity contribution < 1.29 is 54.3 Å². The molecule has 3 rings (SSSR count). The predicted molar refractivity (Wildman–Crippen MR) is 171 cm³/mol. The molecule has 1 heterocycles. The fraction of sp³-hybridized carbons (Fsp3) is 0.457. The molecule has 0 saturated heterocycles. The van der Waals surface area contributed by atoms with E-state index in [9.17, 15) is 0 Å². The van der Waals surface area contributed by atoms with E-state index in [1.807, 2.05) is 26.0 Å². The normalized spacial score (nSPS) is 11.2. The van der Waals surface area contributed by atoms with Crippen molar-refractivity contribution >= 4 is 34.4 Å². The van der Waals surface area contributed by atoms with Gasteiger partial charge in [0.25, 0.3) is 0 Å². The Morgan fingerprint density at radius 2 is 0.860 bits per heavy atom. The molecule has 237 valence electrons. The van der Waals surface area contributed by atoms with E-state index in [1.165, 1.54) is 33.4 Å². The summed E-state index contributed by atoms with van der Waals surface area (Å²) in [6.07, 6.45) is 8.41. The number of aromatic nitrogens is 1. The topological polar surface area (TPSA) is 37.6 Å². The van der Waals surface area contributed by atoms with Crippen molar-refractivity contribution in [2.24, 2.45) is 9.98 Å². The molecule has 0 aliphatic rings. The molecular formula is C35H46Cl4FeN3. The molecule has 0 bridgehead atoms. The Hall–Kier alpha value is -1.39. The van der Waals surface area contributed by atoms with Gasteiger partial charge >= 0.3 is 17.1 Å². The van der Waals surface area contributed by atoms with Gasteiger partial charge in [-0.25, -0.2) is 4.98 Å². The van der Waals surface area contributed by atoms with Gasteiger partial charge in [0.05, 0.1) is 34.2 Å². The van der Waals surface area contributed by atoms with Gasteiger partial charge in [-0.2, -0.15) is 0 Å². The average molecular weight is 706 g/mol. The maximum Gasteiger partial charge on any atom is 3.00 e. The third-order valence-electron chi connectivity index (χ3n) is 6.99. The average Bonchev–Trinajstić information content (AvgIpc) is 2.88. The number of hydrogen-bond acceptors (Lipinski definition) is 3. The minimum Gasteiger partial charge on any atom is -1.00 e. The molecule has 0 unspecified atom stereocenters. The zero-order valence-electron chi connectivity index (χ0n) is 26.8. The van der Waals surface area contributed by atoms with Crippen LogP contribution in [0.2, 0.25) is 5.02 Å². The Balaban J connectivity index is 0. The number of halogens is 4. The second-order valence-electron chi connectivity index (χ2n) is 10.8. The van der Waals surface area contributed by atoms with Gasteiger partial charge in [0, 0.05) is 5.02 Å². The van der Waals surface area contributed by atoms with Crippen molar-refractivity contribution in [3.05, 3.63) is 86.2 Å². The molecular weight excluding hydrogens is 660 g/mol. The first-order chi connectivity index (χ1) is 18.7. The number of benzene rings is 2. The van der Waals surface area contributed by atoms with Gasteiger partial charge in [-0.05, 0) is 87.8 Å². The maximum atomic E-state index is 6.66. The smallest absolute Gasteiger partial charge is 1.00 e. The minimum absolute atomic E-state index is 0. The SMILES string of the molecule is CCCc1cc(C)cc(CCC)c1N=C(C)c1cc(Cl)cc(C(C)=Nc2c(CCC)cc(C)cc2CCC)n1.[Cl-].[Cl-].[Cl-].[Fe+3]. The molecule has 0 aliphatic carbocycles. The molecule has 0 aliphatic heterocycles. The molecule has 43 heavy (non-hydrogen) atoms. The molecule has 0 spiro atoms. The van der Waals surface area contributed by atoms with Crippen molar-refractivity contribution in [1.29, 1.82) is 0 Å². The molecule has 1 radical (unpaired) electrons. The van der Waals surface area contributed by atoms with Gasteiger partial charge in [-0.3, -0.25) is 9.98 Å². The number of rotatable bonds is 12. The quantitative estimate of drug-likeness (QED) is 0.208. The van der Waals surface area contributed by atoms with Crippen molar-refractivity contribution in [3.8, 4) is 0 Å². The number of hydrogen-bond donors (Lipinski definition) is 0. The van der Waals surface area contributed by atoms with Crippen LogP contribution in [0, 0.1) is 13.8 Å². The van der Waals surface area contributed by atoms with Gasteiger partial charge in [0.15, 0.2) is 0 Å². The number of pyridine rings is 1. The second kappa shape index (κ2) is 21.4. The van der Waals surface area contributed by atoms with E-state index < -0.39 is 0 Å². The van der Waals surface area contributed by atoms with E-state index >= 15 is 0 Å². The molecule has 0 N–H and O–H groups in total. The van der Waals surface area contributed by atoms with Crippen LogP contribution in [0.1, 0.15) is 112 Å². The van der Waals surface area contributed by atoms with Crippen LogP contribution >= 0.6 is 11.6 Å². The summed E-state index contributed by atoms with van der Waals surface area (Å²) in [5, 5.41) is 0.650. The van der Waals surface area contributed by atoms with E-state index in [4.69, 9.17) is 26.6 Å². The molecule has 2 aromatic carbocycles. The standard InChI is InChI=1S/C35H46ClN3.3ClH.Fe/c1-9-13-27-17-23(5)18-28(14-10-2)34(27)37-25(7)32-21-31(36)22-33(39-32)26(8)38-35-29(15-11-3)19-24(6)20-30(35)16-12-4;;;;/h17-22H,9-16H2,1-8H3;3*1H;/q;;;;+3/p-3. The molecule has 0 saturated carbocycles. The van der Waals surface area contributed by atoms with E-state index in [2.05, 4.69) is 65.8 Å². The molecule has 0 fully saturated rings. The molecule has 0 amide bonds. The van der Waals surface area contributed by atoms with Crippen LogP contribution in [0.4, 0.5) is 11.4 Å². The van der Waals surface area contributed by atoms with E-state index in [0.29, 0.717) is 5.02 Å². The zero-order chi connectivity index (χ0) is 28.5. The number of aliphatic imine (C=N–C) groups is 2. The van der Waals surface area contributed by atoms with Crippen LogP contribution in [0.5, 0.6) is 0 Å². The monoisotopic (exact) mass is 704 g/mol. The van der Waals surface area contributed by atoms with Gasteiger partial charge in [-0.15, -0.1) is 0 Å². The fourth-order valence-electron chi connectivity index (χ4n) is 5.31. The first-order valence-corrected chi connectivity index (χ1v) is 15.1. The van der Waals surface area contributed by atoms with Crippen molar-refractivity contribution in [2.75, 3.05) is 0 Å². The Morgan fingerprint density at radius 3 is 1.12 bits per heavy atom. The summed E-state index contributed by atoms with van der Waals surface area (Å²) in [6.45, 7) is 17.3. The van der Waals surface area contributed by atoms with Crippen molar-refractivity contribution in [1.82, 2.24) is 4.98 Å². The third-order valence-corrected chi connectivity index (χ3v) is 7.21. The zero-order valence-corrected chi connectivity index (χ0v) is 31.0. The second-order valence-corrected chi connectivity index (χ2v) is 11.3. The van der Waals surface area contributed by atoms with Crippen LogP contribution in [0.3, 0.4) is 0 Å². The summed E-state index contributed by atoms with van der Waals surface area (Å²) < 4.78 is 0. The molecule has 0 atom stereocenters. The predicted octanol–water partition coefficient (Wildman–Crippen LogP) is 1.45. The van der Waals surface area contributed by atoms with Gasteiger partial charge in [0.1, 0.15) is 0 Å². The Morgan fingerprint density at radius 1 is 0.581 bits per heavy atom. The summed E-state index contributed by atoms with van der Waals surface area (Å²) in [7, 11) is 0. The van der Waals surface area contributed by atoms with E-state index in [1.54, 1.807) is 0 Å². The summed E-state index contributed by atoms with van der Waals surface area (Å²) in [6, 6.07) is 13.0. The first-order valence-electron chi connectivity index (χ1n) is 14.7. The van der Waals surface area contributed by atoms with E-state index in [-0.39, 0.29) is 54.3 Å². The van der Waals surface area contributed by atoms with Crippen LogP contribution in [0.25, 0.3) is 0 Å². The van der Waals surface area contributed by atoms with Crippen molar-refractivity contribution in [3.63, 3.8) is 0 Å². The van der Waals surface area contributed by atoms with Crippen LogP contribution in [-0.4, -0.2) is 16.4 Å². The summed E-state index contributed by atoms with van der Waals surface area (Å²) >= 11 is 6.66. The Bertz CT molecular complexity index is 1220. The van der Waals surface area contributed by atoms with Gasteiger partial charge < -0.3 is 37.2 Å². The van der Waals surface area contributed by atoms with Crippen molar-refractivity contribution in [2.45, 2.75) is 107 Å². The Labute approximate surface area is 294 Å². The van der Waals surface area contributed by atoms with Gasteiger partial charge in [0.2, 0.25) is 0 Å². The number of nitrogens with zero attached hydrogens (tertiary/aromatic N) is 3. The van der Waals surface area contributed by atoms with Crippen LogP contribution < -0.4 is 37.2 Å². The molecule has 3 nitrogen and oxygen atoms in total. The molecule has 3 aromatic rings. The molecule has 1 aromatic heterocycles. The largest absolute Gasteiger partial charge is 3.00 e. The number of aryl methyl sites for hydroxylation is 6. The van der Waals surface area contributed by atoms with Crippen LogP contribution in [0.15, 0.2) is 46.4 Å². The fourth-order valence-corrected chi connectivity index (χ4v) is 5.52. The van der Waals surface area contributed by atoms with Gasteiger partial charge in [-0.1, -0.05) is 100 Å². The Kier molecular flexibility index (Phi) is 21.7. The minimum atomic E-state index is 0. The van der Waals surface area contributed by atoms with E-state index in [0.717, 1.165) is 85.6 Å². The molecule has 8 heteroatoms. The summed E-state index contributed by atoms with van der Waals surface area (Å²) in [4.78, 5) is 15.4. The summed E-state index contributed by atoms with van der Waals surface area (Å²) in [5.74, 6) is 0. The third kappa shape index (κ3) is 12.1.